The van der Waals surface area contributed by atoms with E-state index < -0.39 is 0 Å². The third-order valence-corrected chi connectivity index (χ3v) is 4.86. The quantitative estimate of drug-likeness (QED) is 0.567. The van der Waals surface area contributed by atoms with Crippen molar-refractivity contribution in [2.45, 2.75) is 20.8 Å². The standard InChI is InChI=1S/C21H29N5O2.ClH/c1-6-25(7-2)11-10-22-20-12-15(3)23-21-14-17(24-26(20)21)16-8-9-18(27-4)19(13-16)28-5;/h8-9,12-14,22H,6-7,10-11H2,1-5H3;1H. The number of aryl methyl sites for hydroxylation is 1. The molecule has 29 heavy (non-hydrogen) atoms. The highest BCUT2D eigenvalue weighted by Gasteiger charge is 2.12. The molecule has 0 saturated heterocycles. The van der Waals surface area contributed by atoms with Crippen LogP contribution in [0.4, 0.5) is 5.82 Å². The van der Waals surface area contributed by atoms with Gasteiger partial charge in [-0.2, -0.15) is 9.61 Å². The highest BCUT2D eigenvalue weighted by Crippen LogP contribution is 2.32. The van der Waals surface area contributed by atoms with E-state index in [1.54, 1.807) is 14.2 Å². The van der Waals surface area contributed by atoms with Gasteiger partial charge in [-0.05, 0) is 38.2 Å². The zero-order valence-electron chi connectivity index (χ0n) is 17.7. The van der Waals surface area contributed by atoms with Gasteiger partial charge in [0.05, 0.1) is 19.9 Å². The van der Waals surface area contributed by atoms with Crippen LogP contribution in [-0.4, -0.2) is 59.9 Å². The van der Waals surface area contributed by atoms with Crippen molar-refractivity contribution in [2.24, 2.45) is 0 Å². The van der Waals surface area contributed by atoms with Crippen LogP contribution in [0.25, 0.3) is 16.9 Å². The summed E-state index contributed by atoms with van der Waals surface area (Å²) < 4.78 is 12.6. The van der Waals surface area contributed by atoms with Crippen LogP contribution in [0.3, 0.4) is 0 Å². The van der Waals surface area contributed by atoms with Gasteiger partial charge in [0.15, 0.2) is 17.1 Å². The van der Waals surface area contributed by atoms with Gasteiger partial charge in [-0.25, -0.2) is 4.98 Å². The van der Waals surface area contributed by atoms with Gasteiger partial charge in [-0.1, -0.05) is 13.8 Å². The maximum Gasteiger partial charge on any atom is 0.161 e. The summed E-state index contributed by atoms with van der Waals surface area (Å²) >= 11 is 0. The molecule has 0 fully saturated rings. The number of nitrogens with one attached hydrogen (secondary N) is 1. The van der Waals surface area contributed by atoms with E-state index in [1.165, 1.54) is 0 Å². The van der Waals surface area contributed by atoms with Gasteiger partial charge >= 0.3 is 0 Å². The lowest BCUT2D eigenvalue weighted by Crippen LogP contribution is -2.29. The number of hydrogen-bond acceptors (Lipinski definition) is 6. The van der Waals surface area contributed by atoms with Crippen LogP contribution in [0.1, 0.15) is 19.5 Å². The highest BCUT2D eigenvalue weighted by molar-refractivity contribution is 5.85. The minimum atomic E-state index is 0. The van der Waals surface area contributed by atoms with Crippen LogP contribution < -0.4 is 14.8 Å². The van der Waals surface area contributed by atoms with E-state index >= 15 is 0 Å². The molecule has 1 aromatic carbocycles. The molecule has 7 nitrogen and oxygen atoms in total. The summed E-state index contributed by atoms with van der Waals surface area (Å²) in [5.74, 6) is 2.32. The Morgan fingerprint density at radius 3 is 2.41 bits per heavy atom. The lowest BCUT2D eigenvalue weighted by Gasteiger charge is -2.18. The number of aromatic nitrogens is 3. The number of anilines is 1. The van der Waals surface area contributed by atoms with Crippen LogP contribution in [0, 0.1) is 6.92 Å². The number of likely N-dealkylation sites (N-methyl/N-ethyl adjacent to an activating group) is 1. The molecule has 8 heteroatoms. The van der Waals surface area contributed by atoms with Crippen molar-refractivity contribution in [1.29, 1.82) is 0 Å². The van der Waals surface area contributed by atoms with Crippen molar-refractivity contribution in [2.75, 3.05) is 45.7 Å². The lowest BCUT2D eigenvalue weighted by atomic mass is 10.1. The van der Waals surface area contributed by atoms with E-state index in [1.807, 2.05) is 41.8 Å². The summed E-state index contributed by atoms with van der Waals surface area (Å²) in [6, 6.07) is 9.81. The van der Waals surface area contributed by atoms with E-state index in [4.69, 9.17) is 14.6 Å². The van der Waals surface area contributed by atoms with Crippen LogP contribution in [0.5, 0.6) is 11.5 Å². The zero-order chi connectivity index (χ0) is 20.1. The summed E-state index contributed by atoms with van der Waals surface area (Å²) in [5, 5.41) is 8.28. The molecule has 2 aromatic heterocycles. The van der Waals surface area contributed by atoms with Gasteiger partial charge in [0.2, 0.25) is 0 Å². The van der Waals surface area contributed by atoms with E-state index in [0.717, 1.165) is 54.6 Å². The average Bonchev–Trinajstić information content (AvgIpc) is 3.14. The largest absolute Gasteiger partial charge is 0.493 e. The van der Waals surface area contributed by atoms with Crippen LogP contribution in [0.2, 0.25) is 0 Å². The molecule has 0 saturated carbocycles. The maximum absolute atomic E-state index is 5.42. The average molecular weight is 420 g/mol. The molecule has 158 valence electrons. The highest BCUT2D eigenvalue weighted by atomic mass is 35.5. The molecule has 0 bridgehead atoms. The normalized spacial score (nSPS) is 10.8. The molecule has 3 aromatic rings. The summed E-state index contributed by atoms with van der Waals surface area (Å²) in [4.78, 5) is 7.01. The van der Waals surface area contributed by atoms with Crippen molar-refractivity contribution in [3.8, 4) is 22.8 Å². The number of ether oxygens (including phenoxy) is 2. The fraction of sp³-hybridized carbons (Fsp3) is 0.429. The molecule has 0 amide bonds. The minimum Gasteiger partial charge on any atom is -0.493 e. The molecule has 0 radical (unpaired) electrons. The number of benzene rings is 1. The van der Waals surface area contributed by atoms with Crippen molar-refractivity contribution < 1.29 is 9.47 Å². The topological polar surface area (TPSA) is 63.9 Å². The monoisotopic (exact) mass is 419 g/mol. The van der Waals surface area contributed by atoms with E-state index in [2.05, 4.69) is 29.0 Å². The van der Waals surface area contributed by atoms with Gasteiger partial charge < -0.3 is 19.7 Å². The number of hydrogen-bond donors (Lipinski definition) is 1. The minimum absolute atomic E-state index is 0. The fourth-order valence-electron chi connectivity index (χ4n) is 3.24. The first-order valence-corrected chi connectivity index (χ1v) is 9.65. The first-order chi connectivity index (χ1) is 13.6. The molecular weight excluding hydrogens is 390 g/mol. The Balaban J connectivity index is 0.00000300. The van der Waals surface area contributed by atoms with Gasteiger partial charge in [0.25, 0.3) is 0 Å². The van der Waals surface area contributed by atoms with Gasteiger partial charge in [0, 0.05) is 36.5 Å². The van der Waals surface area contributed by atoms with Gasteiger partial charge in [0.1, 0.15) is 5.82 Å². The molecule has 0 atom stereocenters. The first kappa shape index (κ1) is 22.8. The summed E-state index contributed by atoms with van der Waals surface area (Å²) in [5.41, 5.74) is 3.56. The molecule has 3 rings (SSSR count). The molecule has 0 aliphatic heterocycles. The predicted octanol–water partition coefficient (Wildman–Crippen LogP) is 3.90. The van der Waals surface area contributed by atoms with Crippen molar-refractivity contribution in [3.05, 3.63) is 36.0 Å². The number of nitrogens with zero attached hydrogens (tertiary/aromatic N) is 4. The molecule has 1 N–H and O–H groups in total. The Hall–Kier alpha value is -2.51. The molecule has 0 spiro atoms. The molecule has 2 heterocycles. The second-order valence-corrected chi connectivity index (χ2v) is 6.61. The fourth-order valence-corrected chi connectivity index (χ4v) is 3.24. The third kappa shape index (κ3) is 5.10. The van der Waals surface area contributed by atoms with Gasteiger partial charge in [-0.3, -0.25) is 0 Å². The Bertz CT molecular complexity index is 940. The summed E-state index contributed by atoms with van der Waals surface area (Å²) in [6.07, 6.45) is 0. The van der Waals surface area contributed by atoms with Gasteiger partial charge in [-0.15, -0.1) is 12.4 Å². The second-order valence-electron chi connectivity index (χ2n) is 6.61. The van der Waals surface area contributed by atoms with Crippen molar-refractivity contribution in [1.82, 2.24) is 19.5 Å². The molecule has 0 unspecified atom stereocenters. The zero-order valence-corrected chi connectivity index (χ0v) is 18.5. The third-order valence-electron chi connectivity index (χ3n) is 4.86. The number of methoxy groups -OCH3 is 2. The van der Waals surface area contributed by atoms with Crippen molar-refractivity contribution >= 4 is 23.9 Å². The van der Waals surface area contributed by atoms with E-state index in [-0.39, 0.29) is 12.4 Å². The Kier molecular flexibility index (Phi) is 8.10. The van der Waals surface area contributed by atoms with Crippen molar-refractivity contribution in [3.63, 3.8) is 0 Å². The molecule has 0 aliphatic carbocycles. The maximum atomic E-state index is 5.42. The summed E-state index contributed by atoms with van der Waals surface area (Å²) in [7, 11) is 3.26. The van der Waals surface area contributed by atoms with E-state index in [9.17, 15) is 0 Å². The summed E-state index contributed by atoms with van der Waals surface area (Å²) in [6.45, 7) is 10.3. The Morgan fingerprint density at radius 2 is 1.76 bits per heavy atom. The second kappa shape index (κ2) is 10.3. The van der Waals surface area contributed by atoms with E-state index in [0.29, 0.717) is 11.5 Å². The molecular formula is C21H30ClN5O2. The molecule has 0 aliphatic rings. The number of halogens is 1. The van der Waals surface area contributed by atoms with Crippen LogP contribution in [-0.2, 0) is 0 Å². The SMILES string of the molecule is CCN(CC)CCNc1cc(C)nc2cc(-c3ccc(OC)c(OC)c3)nn12.Cl. The first-order valence-electron chi connectivity index (χ1n) is 9.65. The Morgan fingerprint density at radius 1 is 1.03 bits per heavy atom. The predicted molar refractivity (Wildman–Crippen MR) is 120 cm³/mol. The lowest BCUT2D eigenvalue weighted by molar-refractivity contribution is 0.316. The van der Waals surface area contributed by atoms with Crippen LogP contribution in [0.15, 0.2) is 30.3 Å². The Labute approximate surface area is 178 Å². The number of rotatable bonds is 9. The number of fused-ring (bicyclic) bond motifs is 1. The van der Waals surface area contributed by atoms with Crippen LogP contribution >= 0.6 is 12.4 Å². The smallest absolute Gasteiger partial charge is 0.161 e.